The van der Waals surface area contributed by atoms with E-state index < -0.39 is 5.60 Å². The molecule has 3 heterocycles. The van der Waals surface area contributed by atoms with Crippen molar-refractivity contribution in [3.63, 3.8) is 0 Å². The van der Waals surface area contributed by atoms with Crippen LogP contribution >= 0.6 is 11.3 Å². The highest BCUT2D eigenvalue weighted by Gasteiger charge is 2.39. The molecular weight excluding hydrogens is 302 g/mol. The average Bonchev–Trinajstić information content (AvgIpc) is 3.06. The fourth-order valence-electron chi connectivity index (χ4n) is 3.13. The number of aromatic nitrogens is 1. The van der Waals surface area contributed by atoms with Gasteiger partial charge in [-0.05, 0) is 13.3 Å². The molecule has 6 nitrogen and oxygen atoms in total. The normalized spacial score (nSPS) is 26.5. The van der Waals surface area contributed by atoms with Gasteiger partial charge >= 0.3 is 0 Å². The van der Waals surface area contributed by atoms with E-state index in [9.17, 15) is 9.90 Å². The number of hydrogen-bond acceptors (Lipinski definition) is 6. The van der Waals surface area contributed by atoms with Gasteiger partial charge in [0.05, 0.1) is 42.5 Å². The predicted molar refractivity (Wildman–Crippen MR) is 84.0 cm³/mol. The van der Waals surface area contributed by atoms with Gasteiger partial charge in [-0.2, -0.15) is 0 Å². The van der Waals surface area contributed by atoms with E-state index in [0.717, 1.165) is 37.0 Å². The van der Waals surface area contributed by atoms with Crippen molar-refractivity contribution in [1.82, 2.24) is 14.8 Å². The van der Waals surface area contributed by atoms with Crippen LogP contribution in [-0.2, 0) is 16.0 Å². The average molecular weight is 325 g/mol. The summed E-state index contributed by atoms with van der Waals surface area (Å²) < 4.78 is 5.33. The summed E-state index contributed by atoms with van der Waals surface area (Å²) >= 11 is 1.56. The van der Waals surface area contributed by atoms with Gasteiger partial charge in [0.1, 0.15) is 0 Å². The summed E-state index contributed by atoms with van der Waals surface area (Å²) in [5, 5.41) is 13.7. The van der Waals surface area contributed by atoms with Crippen LogP contribution in [0.15, 0.2) is 5.38 Å². The fourth-order valence-corrected chi connectivity index (χ4v) is 3.74. The molecule has 1 aromatic heterocycles. The minimum Gasteiger partial charge on any atom is -0.387 e. The Morgan fingerprint density at radius 2 is 2.23 bits per heavy atom. The number of ether oxygens (including phenoxy) is 1. The number of nitrogens with zero attached hydrogens (tertiary/aromatic N) is 3. The molecule has 1 atom stereocenters. The summed E-state index contributed by atoms with van der Waals surface area (Å²) in [5.74, 6) is 0.0585. The van der Waals surface area contributed by atoms with E-state index in [4.69, 9.17) is 4.74 Å². The summed E-state index contributed by atoms with van der Waals surface area (Å²) in [6.07, 6.45) is 0.976. The van der Waals surface area contributed by atoms with Crippen LogP contribution in [0.2, 0.25) is 0 Å². The third-order valence-electron chi connectivity index (χ3n) is 4.31. The summed E-state index contributed by atoms with van der Waals surface area (Å²) in [6.45, 7) is 6.77. The number of β-amino-alcohol motifs (C(OH)–C–C–N with tert-alkyl or cyclic N) is 1. The highest BCUT2D eigenvalue weighted by atomic mass is 32.1. The molecule has 0 aliphatic carbocycles. The standard InChI is InChI=1S/C15H23N3O3S/c1-12-16-13(9-22-12)8-14(19)18-3-2-15(20,11-18)10-17-4-6-21-7-5-17/h9,20H,2-8,10-11H2,1H3/t15-/m0/s1. The minimum atomic E-state index is -0.787. The maximum Gasteiger partial charge on any atom is 0.228 e. The molecule has 0 saturated carbocycles. The minimum absolute atomic E-state index is 0.0585. The second kappa shape index (κ2) is 6.62. The number of carbonyl (C=O) groups excluding carboxylic acids is 1. The molecule has 122 valence electrons. The molecule has 1 amide bonds. The van der Waals surface area contributed by atoms with E-state index in [-0.39, 0.29) is 5.91 Å². The predicted octanol–water partition coefficient (Wildman–Crippen LogP) is 0.290. The summed E-state index contributed by atoms with van der Waals surface area (Å²) in [7, 11) is 0. The lowest BCUT2D eigenvalue weighted by Crippen LogP contribution is -2.49. The van der Waals surface area contributed by atoms with Gasteiger partial charge in [-0.1, -0.05) is 0 Å². The molecule has 2 fully saturated rings. The van der Waals surface area contributed by atoms with E-state index >= 15 is 0 Å². The second-order valence-electron chi connectivity index (χ2n) is 6.21. The van der Waals surface area contributed by atoms with Crippen molar-refractivity contribution in [3.05, 3.63) is 16.1 Å². The number of aryl methyl sites for hydroxylation is 1. The Kier molecular flexibility index (Phi) is 4.77. The number of morpholine rings is 1. The van der Waals surface area contributed by atoms with Crippen molar-refractivity contribution >= 4 is 17.2 Å². The van der Waals surface area contributed by atoms with E-state index in [0.29, 0.717) is 32.5 Å². The van der Waals surface area contributed by atoms with Crippen molar-refractivity contribution < 1.29 is 14.6 Å². The van der Waals surface area contributed by atoms with E-state index in [1.165, 1.54) is 0 Å². The smallest absolute Gasteiger partial charge is 0.228 e. The van der Waals surface area contributed by atoms with Crippen LogP contribution < -0.4 is 0 Å². The maximum atomic E-state index is 12.3. The Balaban J connectivity index is 1.53. The monoisotopic (exact) mass is 325 g/mol. The lowest BCUT2D eigenvalue weighted by molar-refractivity contribution is -0.130. The molecule has 2 saturated heterocycles. The van der Waals surface area contributed by atoms with Gasteiger partial charge in [0, 0.05) is 31.6 Å². The molecule has 0 aromatic carbocycles. The van der Waals surface area contributed by atoms with Crippen LogP contribution in [0, 0.1) is 6.92 Å². The Morgan fingerprint density at radius 1 is 1.45 bits per heavy atom. The van der Waals surface area contributed by atoms with Crippen LogP contribution in [0.1, 0.15) is 17.1 Å². The molecule has 1 N–H and O–H groups in total. The van der Waals surface area contributed by atoms with Gasteiger partial charge in [-0.15, -0.1) is 11.3 Å². The van der Waals surface area contributed by atoms with E-state index in [1.54, 1.807) is 16.2 Å². The topological polar surface area (TPSA) is 65.9 Å². The maximum absolute atomic E-state index is 12.3. The van der Waals surface area contributed by atoms with Gasteiger partial charge in [0.15, 0.2) is 0 Å². The number of rotatable bonds is 4. The van der Waals surface area contributed by atoms with Gasteiger partial charge in [0.25, 0.3) is 0 Å². The molecule has 7 heteroatoms. The number of thiazole rings is 1. The van der Waals surface area contributed by atoms with E-state index in [1.807, 2.05) is 12.3 Å². The molecule has 2 aliphatic rings. The molecular formula is C15H23N3O3S. The zero-order valence-corrected chi connectivity index (χ0v) is 13.8. The van der Waals surface area contributed by atoms with Crippen LogP contribution in [0.3, 0.4) is 0 Å². The van der Waals surface area contributed by atoms with Crippen molar-refractivity contribution in [1.29, 1.82) is 0 Å². The van der Waals surface area contributed by atoms with Crippen molar-refractivity contribution in [2.24, 2.45) is 0 Å². The Labute approximate surface area is 134 Å². The van der Waals surface area contributed by atoms with Crippen LogP contribution in [0.25, 0.3) is 0 Å². The molecule has 3 rings (SSSR count). The first-order valence-electron chi connectivity index (χ1n) is 7.75. The van der Waals surface area contributed by atoms with Crippen molar-refractivity contribution in [2.75, 3.05) is 45.9 Å². The SMILES string of the molecule is Cc1nc(CC(=O)N2CC[C@](O)(CN3CCOCC3)C2)cs1. The number of carbonyl (C=O) groups is 1. The molecule has 0 bridgehead atoms. The first-order valence-corrected chi connectivity index (χ1v) is 8.63. The molecule has 0 spiro atoms. The van der Waals surface area contributed by atoms with Crippen LogP contribution in [-0.4, -0.2) is 77.3 Å². The number of aliphatic hydroxyl groups is 1. The highest BCUT2D eigenvalue weighted by Crippen LogP contribution is 2.24. The lowest BCUT2D eigenvalue weighted by Gasteiger charge is -2.33. The van der Waals surface area contributed by atoms with Crippen molar-refractivity contribution in [2.45, 2.75) is 25.4 Å². The molecule has 2 aliphatic heterocycles. The fraction of sp³-hybridized carbons (Fsp3) is 0.733. The third kappa shape index (κ3) is 3.84. The summed E-state index contributed by atoms with van der Waals surface area (Å²) in [4.78, 5) is 20.7. The van der Waals surface area contributed by atoms with Crippen molar-refractivity contribution in [3.8, 4) is 0 Å². The Bertz CT molecular complexity index is 530. The van der Waals surface area contributed by atoms with Gasteiger partial charge < -0.3 is 14.7 Å². The van der Waals surface area contributed by atoms with Gasteiger partial charge in [-0.25, -0.2) is 4.98 Å². The zero-order chi connectivity index (χ0) is 15.6. The van der Waals surface area contributed by atoms with Gasteiger partial charge in [-0.3, -0.25) is 9.69 Å². The second-order valence-corrected chi connectivity index (χ2v) is 7.28. The summed E-state index contributed by atoms with van der Waals surface area (Å²) in [5.41, 5.74) is 0.0430. The number of likely N-dealkylation sites (tertiary alicyclic amines) is 1. The Morgan fingerprint density at radius 3 is 2.91 bits per heavy atom. The quantitative estimate of drug-likeness (QED) is 0.862. The van der Waals surface area contributed by atoms with E-state index in [2.05, 4.69) is 9.88 Å². The molecule has 22 heavy (non-hydrogen) atoms. The highest BCUT2D eigenvalue weighted by molar-refractivity contribution is 7.09. The zero-order valence-electron chi connectivity index (χ0n) is 13.0. The third-order valence-corrected chi connectivity index (χ3v) is 5.13. The number of hydrogen-bond donors (Lipinski definition) is 1. The Hall–Kier alpha value is -1.02. The molecule has 0 unspecified atom stereocenters. The van der Waals surface area contributed by atoms with Crippen LogP contribution in [0.5, 0.6) is 0 Å². The summed E-state index contributed by atoms with van der Waals surface area (Å²) in [6, 6.07) is 0. The largest absolute Gasteiger partial charge is 0.387 e. The molecule has 1 aromatic rings. The first-order chi connectivity index (χ1) is 10.5. The molecule has 0 radical (unpaired) electrons. The number of amides is 1. The first kappa shape index (κ1) is 15.9. The van der Waals surface area contributed by atoms with Gasteiger partial charge in [0.2, 0.25) is 5.91 Å². The lowest BCUT2D eigenvalue weighted by atomic mass is 10.0. The van der Waals surface area contributed by atoms with Crippen LogP contribution in [0.4, 0.5) is 0 Å².